The van der Waals surface area contributed by atoms with Crippen molar-refractivity contribution in [1.29, 1.82) is 0 Å². The zero-order chi connectivity index (χ0) is 24.7. The van der Waals surface area contributed by atoms with Crippen LogP contribution in [0.3, 0.4) is 0 Å². The van der Waals surface area contributed by atoms with Crippen LogP contribution in [-0.4, -0.2) is 29.6 Å². The molecule has 0 aromatic heterocycles. The number of allylic oxidation sites excluding steroid dienone is 1. The molecule has 180 valence electrons. The van der Waals surface area contributed by atoms with Crippen molar-refractivity contribution in [2.45, 2.75) is 44.2 Å². The summed E-state index contributed by atoms with van der Waals surface area (Å²) in [6.07, 6.45) is 6.87. The molecule has 2 aromatic carbocycles. The predicted molar refractivity (Wildman–Crippen MR) is 132 cm³/mol. The molecule has 3 rings (SSSR count). The lowest BCUT2D eigenvalue weighted by atomic mass is 9.71. The number of quaternary nitrogens is 1. The van der Waals surface area contributed by atoms with E-state index in [0.29, 0.717) is 25.1 Å². The van der Waals surface area contributed by atoms with E-state index in [0.717, 1.165) is 16.7 Å². The molecule has 34 heavy (non-hydrogen) atoms. The van der Waals surface area contributed by atoms with E-state index in [1.807, 2.05) is 79.7 Å². The van der Waals surface area contributed by atoms with Gasteiger partial charge in [-0.25, -0.2) is 0 Å². The number of carboxylic acid groups (broad SMARTS) is 1. The molecule has 0 saturated heterocycles. The summed E-state index contributed by atoms with van der Waals surface area (Å²) in [6.45, 7) is 2.45. The first kappa shape index (κ1) is 25.4. The maximum absolute atomic E-state index is 13.2. The first-order valence-corrected chi connectivity index (χ1v) is 11.6. The number of amides is 1. The van der Waals surface area contributed by atoms with Crippen LogP contribution in [0.4, 0.5) is 0 Å². The lowest BCUT2D eigenvalue weighted by Crippen LogP contribution is -2.64. The fourth-order valence-corrected chi connectivity index (χ4v) is 4.36. The molecule has 7 heteroatoms. The topological polar surface area (TPSA) is 146 Å². The third-order valence-corrected chi connectivity index (χ3v) is 6.67. The van der Waals surface area contributed by atoms with Crippen LogP contribution in [-0.2, 0) is 16.0 Å². The van der Waals surface area contributed by atoms with E-state index in [4.69, 9.17) is 16.6 Å². The molecule has 0 fully saturated rings. The quantitative estimate of drug-likeness (QED) is 0.366. The third kappa shape index (κ3) is 5.99. The van der Waals surface area contributed by atoms with Crippen LogP contribution in [0.5, 0.6) is 0 Å². The molecule has 0 saturated carbocycles. The van der Waals surface area contributed by atoms with Gasteiger partial charge in [-0.3, -0.25) is 9.59 Å². The van der Waals surface area contributed by atoms with Gasteiger partial charge in [0.15, 0.2) is 0 Å². The molecule has 4 atom stereocenters. The van der Waals surface area contributed by atoms with Crippen molar-refractivity contribution < 1.29 is 20.4 Å². The van der Waals surface area contributed by atoms with E-state index in [1.54, 1.807) is 0 Å². The Morgan fingerprint density at radius 3 is 2.41 bits per heavy atom. The predicted octanol–water partition coefficient (Wildman–Crippen LogP) is 2.02. The summed E-state index contributed by atoms with van der Waals surface area (Å²) in [5, 5.41) is 12.0. The number of nitrogens with two attached hydrogens (primary N) is 2. The molecule has 1 amide bonds. The summed E-state index contributed by atoms with van der Waals surface area (Å²) in [7, 11) is 0. The van der Waals surface area contributed by atoms with Gasteiger partial charge < -0.3 is 27.6 Å². The fraction of sp³-hybridized carbons (Fsp3) is 0.333. The molecule has 0 heterocycles. The van der Waals surface area contributed by atoms with Crippen molar-refractivity contribution in [3.63, 3.8) is 0 Å². The van der Waals surface area contributed by atoms with Crippen molar-refractivity contribution >= 4 is 11.9 Å². The summed E-state index contributed by atoms with van der Waals surface area (Å²) < 4.78 is 0. The van der Waals surface area contributed by atoms with Crippen LogP contribution >= 0.6 is 0 Å². The Kier molecular flexibility index (Phi) is 8.39. The maximum Gasteiger partial charge on any atom is 0.303 e. The molecule has 0 spiro atoms. The minimum atomic E-state index is -0.813. The maximum atomic E-state index is 13.2. The van der Waals surface area contributed by atoms with Crippen LogP contribution < -0.4 is 22.5 Å². The van der Waals surface area contributed by atoms with E-state index in [-0.39, 0.29) is 30.3 Å². The number of benzene rings is 2. The summed E-state index contributed by atoms with van der Waals surface area (Å²) in [5.41, 5.74) is 19.7. The van der Waals surface area contributed by atoms with Gasteiger partial charge in [-0.05, 0) is 49.6 Å². The molecule has 0 bridgehead atoms. The number of aryl methyl sites for hydroxylation is 1. The van der Waals surface area contributed by atoms with E-state index in [1.165, 1.54) is 0 Å². The van der Waals surface area contributed by atoms with Crippen LogP contribution in [0.2, 0.25) is 0 Å². The fourth-order valence-electron chi connectivity index (χ4n) is 4.36. The molecule has 0 radical (unpaired) electrons. The van der Waals surface area contributed by atoms with Crippen LogP contribution in [0, 0.1) is 5.41 Å². The van der Waals surface area contributed by atoms with Crippen molar-refractivity contribution in [3.8, 4) is 0 Å². The highest BCUT2D eigenvalue weighted by Crippen LogP contribution is 2.38. The normalized spacial score (nSPS) is 21.4. The largest absolute Gasteiger partial charge is 0.481 e. The van der Waals surface area contributed by atoms with Gasteiger partial charge in [-0.2, -0.15) is 0 Å². The van der Waals surface area contributed by atoms with Crippen molar-refractivity contribution in [1.82, 2.24) is 5.32 Å². The van der Waals surface area contributed by atoms with Crippen LogP contribution in [0.25, 0.3) is 0 Å². The average molecular weight is 464 g/mol. The summed E-state index contributed by atoms with van der Waals surface area (Å²) >= 11 is 0. The summed E-state index contributed by atoms with van der Waals surface area (Å²) in [5.74, 6) is -1.25. The van der Waals surface area contributed by atoms with Gasteiger partial charge in [0.2, 0.25) is 5.91 Å². The van der Waals surface area contributed by atoms with E-state index in [9.17, 15) is 9.59 Å². The highest BCUT2D eigenvalue weighted by atomic mass is 16.4. The van der Waals surface area contributed by atoms with Gasteiger partial charge in [-0.15, -0.1) is 0 Å². The number of carbonyl (C=O) groups is 2. The minimum Gasteiger partial charge on any atom is -0.481 e. The second kappa shape index (κ2) is 11.2. The third-order valence-electron chi connectivity index (χ3n) is 6.67. The molecule has 0 aliphatic heterocycles. The van der Waals surface area contributed by atoms with Crippen LogP contribution in [0.15, 0.2) is 78.5 Å². The van der Waals surface area contributed by atoms with Gasteiger partial charge >= 0.3 is 5.97 Å². The summed E-state index contributed by atoms with van der Waals surface area (Å²) in [6, 6.07) is 17.0. The van der Waals surface area contributed by atoms with Gasteiger partial charge in [-0.1, -0.05) is 60.7 Å². The Labute approximate surface area is 200 Å². The Hall–Kier alpha value is -3.26. The second-order valence-corrected chi connectivity index (χ2v) is 9.07. The van der Waals surface area contributed by atoms with Gasteiger partial charge in [0.1, 0.15) is 6.04 Å². The number of nitrogens with one attached hydrogen (secondary N) is 1. The van der Waals surface area contributed by atoms with Crippen LogP contribution in [0.1, 0.15) is 48.4 Å². The molecule has 1 aliphatic rings. The number of aliphatic carboxylic acids is 1. The lowest BCUT2D eigenvalue weighted by Gasteiger charge is -2.37. The first-order chi connectivity index (χ1) is 16.2. The van der Waals surface area contributed by atoms with Crippen molar-refractivity contribution in [2.24, 2.45) is 16.9 Å². The van der Waals surface area contributed by atoms with Crippen molar-refractivity contribution in [3.05, 3.63) is 95.2 Å². The Bertz CT molecular complexity index is 1050. The Morgan fingerprint density at radius 1 is 1.12 bits per heavy atom. The summed E-state index contributed by atoms with van der Waals surface area (Å²) in [4.78, 5) is 24.0. The number of hydrogen-bond donors (Lipinski definition) is 5. The Balaban J connectivity index is 1.78. The smallest absolute Gasteiger partial charge is 0.303 e. The molecule has 2 aromatic rings. The average Bonchev–Trinajstić information content (AvgIpc) is 2.84. The zero-order valence-electron chi connectivity index (χ0n) is 19.6. The second-order valence-electron chi connectivity index (χ2n) is 9.07. The van der Waals surface area contributed by atoms with Gasteiger partial charge in [0, 0.05) is 23.7 Å². The highest BCUT2D eigenvalue weighted by molar-refractivity contribution is 5.85. The van der Waals surface area contributed by atoms with E-state index in [2.05, 4.69) is 11.1 Å². The lowest BCUT2D eigenvalue weighted by molar-refractivity contribution is -0.449. The zero-order valence-corrected chi connectivity index (χ0v) is 19.6. The van der Waals surface area contributed by atoms with Gasteiger partial charge in [0.25, 0.3) is 0 Å². The molecule has 7 nitrogen and oxygen atoms in total. The monoisotopic (exact) mass is 463 g/mol. The molecule has 1 aliphatic carbocycles. The van der Waals surface area contributed by atoms with Gasteiger partial charge in [0.05, 0.1) is 11.3 Å². The minimum absolute atomic E-state index is 0.0977. The van der Waals surface area contributed by atoms with Crippen molar-refractivity contribution in [2.75, 3.05) is 6.54 Å². The highest BCUT2D eigenvalue weighted by Gasteiger charge is 2.41. The molecular weight excluding hydrogens is 428 g/mol. The molecule has 9 N–H and O–H groups in total. The number of rotatable bonds is 10. The first-order valence-electron chi connectivity index (χ1n) is 11.6. The number of carbonyl (C=O) groups excluding carboxylic acids is 1. The standard InChI is InChI=1S/C27H34N4O3/c1-27(25(30)20-10-7-18(8-11-20)9-14-24(32)33)17-21(12-13-23(27)29)31-26(34)22(15-16-28)19-5-3-2-4-6-19/h2-8,10-13,17,22-23,25H,9,14-16,28-30H2,1H3,(H,31,34)(H,32,33)/p+1. The van der Waals surface area contributed by atoms with E-state index < -0.39 is 11.4 Å². The molecule has 4 unspecified atom stereocenters. The Morgan fingerprint density at radius 2 is 1.79 bits per heavy atom. The number of carboxylic acids is 1. The molecular formula is C27H35N4O3+. The van der Waals surface area contributed by atoms with E-state index >= 15 is 0 Å². The number of hydrogen-bond acceptors (Lipinski definition) is 4. The SMILES string of the molecule is CC1(C([NH3+])c2ccc(CCC(=O)O)cc2)C=C(NC(=O)C(CCN)c2ccccc2)C=CC1N.